The lowest BCUT2D eigenvalue weighted by Gasteiger charge is -2.46. The molecule has 9 heteroatoms. The molecular weight excluding hydrogens is 412 g/mol. The van der Waals surface area contributed by atoms with E-state index in [-0.39, 0.29) is 30.8 Å². The summed E-state index contributed by atoms with van der Waals surface area (Å²) >= 11 is 0. The first-order valence-corrected chi connectivity index (χ1v) is 10.5. The number of imide groups is 1. The van der Waals surface area contributed by atoms with E-state index in [9.17, 15) is 14.4 Å². The fourth-order valence-corrected chi connectivity index (χ4v) is 4.26. The Morgan fingerprint density at radius 1 is 1.16 bits per heavy atom. The standard InChI is InChI=1S/C23H26N4O5/c1-31-19-9-8-15(12-20(19)32-2)18(28)14-26-17-7-5-11-25-21(17)22(29)27(23(26)30)13-16-6-3-4-10-24-16/h3-4,6,8-10,12,17,21,25H,5,7,11,13-14H2,1-2H3. The number of pyridine rings is 1. The van der Waals surface area contributed by atoms with Crippen molar-refractivity contribution < 1.29 is 23.9 Å². The third kappa shape index (κ3) is 4.16. The molecule has 3 heterocycles. The molecule has 0 saturated carbocycles. The molecule has 2 aliphatic rings. The van der Waals surface area contributed by atoms with E-state index < -0.39 is 12.1 Å². The molecule has 9 nitrogen and oxygen atoms in total. The molecule has 0 bridgehead atoms. The number of Topliss-reactive ketones (excluding diaryl/α,β-unsaturated/α-hetero) is 1. The van der Waals surface area contributed by atoms with Crippen molar-refractivity contribution in [3.63, 3.8) is 0 Å². The zero-order valence-corrected chi connectivity index (χ0v) is 18.1. The Kier molecular flexibility index (Phi) is 6.36. The minimum absolute atomic E-state index is 0.0600. The monoisotopic (exact) mass is 438 g/mol. The summed E-state index contributed by atoms with van der Waals surface area (Å²) in [5, 5.41) is 3.23. The Hall–Kier alpha value is -3.46. The third-order valence-corrected chi connectivity index (χ3v) is 5.90. The zero-order chi connectivity index (χ0) is 22.7. The van der Waals surface area contributed by atoms with Crippen LogP contribution in [0.3, 0.4) is 0 Å². The highest BCUT2D eigenvalue weighted by molar-refractivity contribution is 6.04. The van der Waals surface area contributed by atoms with E-state index in [2.05, 4.69) is 10.3 Å². The number of amides is 3. The van der Waals surface area contributed by atoms with Crippen LogP contribution < -0.4 is 14.8 Å². The lowest BCUT2D eigenvalue weighted by Crippen LogP contribution is -2.69. The molecule has 2 unspecified atom stereocenters. The van der Waals surface area contributed by atoms with E-state index in [1.165, 1.54) is 24.0 Å². The Labute approximate surface area is 186 Å². The van der Waals surface area contributed by atoms with E-state index in [4.69, 9.17) is 9.47 Å². The number of urea groups is 1. The molecular formula is C23H26N4O5. The van der Waals surface area contributed by atoms with Gasteiger partial charge in [0.15, 0.2) is 17.3 Å². The van der Waals surface area contributed by atoms with Crippen LogP contribution in [0.4, 0.5) is 4.79 Å². The largest absolute Gasteiger partial charge is 0.493 e. The topological polar surface area (TPSA) is 101 Å². The Morgan fingerprint density at radius 3 is 2.69 bits per heavy atom. The summed E-state index contributed by atoms with van der Waals surface area (Å²) in [6, 6.07) is 8.87. The molecule has 2 fully saturated rings. The molecule has 1 aromatic carbocycles. The highest BCUT2D eigenvalue weighted by Crippen LogP contribution is 2.29. The van der Waals surface area contributed by atoms with Gasteiger partial charge in [-0.05, 0) is 49.7 Å². The molecule has 2 aliphatic heterocycles. The Balaban J connectivity index is 1.60. The van der Waals surface area contributed by atoms with E-state index >= 15 is 0 Å². The number of fused-ring (bicyclic) bond motifs is 1. The highest BCUT2D eigenvalue weighted by atomic mass is 16.5. The predicted molar refractivity (Wildman–Crippen MR) is 116 cm³/mol. The number of benzene rings is 1. The summed E-state index contributed by atoms with van der Waals surface area (Å²) in [6.07, 6.45) is 3.10. The number of hydrogen-bond acceptors (Lipinski definition) is 7. The van der Waals surface area contributed by atoms with Gasteiger partial charge in [-0.15, -0.1) is 0 Å². The van der Waals surface area contributed by atoms with Gasteiger partial charge in [0.1, 0.15) is 6.04 Å². The van der Waals surface area contributed by atoms with E-state index in [1.54, 1.807) is 42.6 Å². The number of ketones is 1. The lowest BCUT2D eigenvalue weighted by atomic mass is 9.93. The number of hydrogen-bond donors (Lipinski definition) is 1. The van der Waals surface area contributed by atoms with Crippen molar-refractivity contribution in [1.82, 2.24) is 20.1 Å². The molecule has 4 rings (SSSR count). The second kappa shape index (κ2) is 9.35. The van der Waals surface area contributed by atoms with E-state index in [0.717, 1.165) is 6.42 Å². The fourth-order valence-electron chi connectivity index (χ4n) is 4.26. The van der Waals surface area contributed by atoms with Gasteiger partial charge < -0.3 is 19.7 Å². The lowest BCUT2D eigenvalue weighted by molar-refractivity contribution is -0.137. The van der Waals surface area contributed by atoms with Crippen molar-refractivity contribution in [2.24, 2.45) is 0 Å². The number of ether oxygens (including phenoxy) is 2. The van der Waals surface area contributed by atoms with Crippen molar-refractivity contribution in [2.45, 2.75) is 31.5 Å². The first-order valence-electron chi connectivity index (χ1n) is 10.5. The fraction of sp³-hybridized carbons (Fsp3) is 0.391. The van der Waals surface area contributed by atoms with Gasteiger partial charge in [-0.25, -0.2) is 4.79 Å². The molecule has 2 aromatic rings. The number of carbonyl (C=O) groups is 3. The van der Waals surface area contributed by atoms with Gasteiger partial charge in [-0.3, -0.25) is 19.5 Å². The molecule has 0 radical (unpaired) electrons. The van der Waals surface area contributed by atoms with Crippen molar-refractivity contribution in [3.8, 4) is 11.5 Å². The normalized spacial score (nSPS) is 20.7. The summed E-state index contributed by atoms with van der Waals surface area (Å²) in [6.45, 7) is 0.615. The van der Waals surface area contributed by atoms with Crippen LogP contribution in [0.1, 0.15) is 28.9 Å². The van der Waals surface area contributed by atoms with E-state index in [0.29, 0.717) is 35.7 Å². The average molecular weight is 438 g/mol. The van der Waals surface area contributed by atoms with Gasteiger partial charge in [-0.1, -0.05) is 6.07 Å². The molecule has 2 saturated heterocycles. The summed E-state index contributed by atoms with van der Waals surface area (Å²) in [5.41, 5.74) is 1.01. The predicted octanol–water partition coefficient (Wildman–Crippen LogP) is 1.87. The second-order valence-corrected chi connectivity index (χ2v) is 7.79. The van der Waals surface area contributed by atoms with Crippen molar-refractivity contribution in [2.75, 3.05) is 27.3 Å². The Bertz CT molecular complexity index is 1010. The molecule has 1 N–H and O–H groups in total. The van der Waals surface area contributed by atoms with Gasteiger partial charge in [0.25, 0.3) is 0 Å². The minimum atomic E-state index is -0.539. The molecule has 2 atom stereocenters. The zero-order valence-electron chi connectivity index (χ0n) is 18.1. The molecule has 0 spiro atoms. The van der Waals surface area contributed by atoms with Crippen molar-refractivity contribution in [3.05, 3.63) is 53.9 Å². The first kappa shape index (κ1) is 21.8. The van der Waals surface area contributed by atoms with Crippen LogP contribution in [-0.4, -0.2) is 71.9 Å². The summed E-state index contributed by atoms with van der Waals surface area (Å²) in [5.74, 6) is 0.435. The maximum Gasteiger partial charge on any atom is 0.327 e. The summed E-state index contributed by atoms with van der Waals surface area (Å²) < 4.78 is 10.5. The number of nitrogens with zero attached hydrogens (tertiary/aromatic N) is 3. The van der Waals surface area contributed by atoms with Gasteiger partial charge in [0.05, 0.1) is 39.0 Å². The van der Waals surface area contributed by atoms with Gasteiger partial charge in [-0.2, -0.15) is 0 Å². The first-order chi connectivity index (χ1) is 15.5. The quantitative estimate of drug-likeness (QED) is 0.659. The van der Waals surface area contributed by atoms with Crippen LogP contribution in [0.25, 0.3) is 0 Å². The molecule has 168 valence electrons. The van der Waals surface area contributed by atoms with Crippen LogP contribution in [0, 0.1) is 0 Å². The molecule has 1 aromatic heterocycles. The van der Waals surface area contributed by atoms with Crippen LogP contribution in [0.2, 0.25) is 0 Å². The Morgan fingerprint density at radius 2 is 1.97 bits per heavy atom. The van der Waals surface area contributed by atoms with E-state index in [1.807, 2.05) is 0 Å². The van der Waals surface area contributed by atoms with Crippen molar-refractivity contribution >= 4 is 17.7 Å². The van der Waals surface area contributed by atoms with Crippen LogP contribution in [0.15, 0.2) is 42.6 Å². The summed E-state index contributed by atoms with van der Waals surface area (Å²) in [4.78, 5) is 46.5. The number of nitrogens with one attached hydrogen (secondary N) is 1. The molecule has 32 heavy (non-hydrogen) atoms. The summed E-state index contributed by atoms with van der Waals surface area (Å²) in [7, 11) is 3.02. The maximum atomic E-state index is 13.4. The molecule has 0 aliphatic carbocycles. The van der Waals surface area contributed by atoms with Crippen LogP contribution >= 0.6 is 0 Å². The average Bonchev–Trinajstić information content (AvgIpc) is 2.84. The maximum absolute atomic E-state index is 13.4. The minimum Gasteiger partial charge on any atom is -0.493 e. The van der Waals surface area contributed by atoms with Gasteiger partial charge in [0, 0.05) is 11.8 Å². The second-order valence-electron chi connectivity index (χ2n) is 7.79. The highest BCUT2D eigenvalue weighted by Gasteiger charge is 2.47. The number of aromatic nitrogens is 1. The SMILES string of the molecule is COc1ccc(C(=O)CN2C(=O)N(Cc3ccccn3)C(=O)C3NCCCC32)cc1OC. The number of carbonyl (C=O) groups excluding carboxylic acids is 3. The smallest absolute Gasteiger partial charge is 0.327 e. The van der Waals surface area contributed by atoms with Crippen LogP contribution in [0.5, 0.6) is 11.5 Å². The van der Waals surface area contributed by atoms with Gasteiger partial charge >= 0.3 is 6.03 Å². The third-order valence-electron chi connectivity index (χ3n) is 5.90. The van der Waals surface area contributed by atoms with Gasteiger partial charge in [0.2, 0.25) is 5.91 Å². The number of piperidine rings is 1. The van der Waals surface area contributed by atoms with Crippen LogP contribution in [-0.2, 0) is 11.3 Å². The number of rotatable bonds is 7. The molecule has 3 amide bonds. The van der Waals surface area contributed by atoms with Crippen molar-refractivity contribution in [1.29, 1.82) is 0 Å². The number of methoxy groups -OCH3 is 2.